The van der Waals surface area contributed by atoms with Gasteiger partial charge in [0.1, 0.15) is 11.6 Å². The molecule has 1 fully saturated rings. The number of nitrogens with zero attached hydrogens (tertiary/aromatic N) is 2. The van der Waals surface area contributed by atoms with Crippen molar-refractivity contribution in [1.82, 2.24) is 9.55 Å². The Kier molecular flexibility index (Phi) is 4.06. The summed E-state index contributed by atoms with van der Waals surface area (Å²) < 4.78 is 24.3. The average molecular weight is 330 g/mol. The van der Waals surface area contributed by atoms with Crippen LogP contribution in [0.2, 0.25) is 0 Å². The van der Waals surface area contributed by atoms with Crippen LogP contribution < -0.4 is 14.2 Å². The van der Waals surface area contributed by atoms with Crippen LogP contribution in [-0.2, 0) is 4.74 Å². The molecule has 1 aromatic heterocycles. The highest BCUT2D eigenvalue weighted by Gasteiger charge is 2.26. The summed E-state index contributed by atoms with van der Waals surface area (Å²) in [5, 5.41) is 0. The molecule has 6 heteroatoms. The summed E-state index contributed by atoms with van der Waals surface area (Å²) in [5.74, 6) is 3.11. The fourth-order valence-corrected chi connectivity index (χ4v) is 3.64. The first-order valence-corrected chi connectivity index (χ1v) is 8.33. The second-order valence-corrected chi connectivity index (χ2v) is 6.23. The van der Waals surface area contributed by atoms with Crippen molar-refractivity contribution in [3.8, 4) is 28.6 Å². The lowest BCUT2D eigenvalue weighted by atomic mass is 9.92. The molecule has 1 aliphatic heterocycles. The van der Waals surface area contributed by atoms with Crippen LogP contribution in [0.15, 0.2) is 24.5 Å². The van der Waals surface area contributed by atoms with Crippen LogP contribution in [0.5, 0.6) is 17.2 Å². The molecule has 2 aromatic rings. The summed E-state index contributed by atoms with van der Waals surface area (Å²) in [6.07, 6.45) is 8.63. The number of benzene rings is 1. The minimum absolute atomic E-state index is 0.247. The molecule has 1 aliphatic carbocycles. The number of fused-ring (bicyclic) bond motifs is 1. The van der Waals surface area contributed by atoms with Gasteiger partial charge in [0.05, 0.1) is 18.8 Å². The molecule has 1 aromatic carbocycles. The zero-order valence-corrected chi connectivity index (χ0v) is 14.0. The number of aromatic nitrogens is 2. The maximum absolute atomic E-state index is 5.56. The van der Waals surface area contributed by atoms with E-state index in [4.69, 9.17) is 18.9 Å². The van der Waals surface area contributed by atoms with E-state index < -0.39 is 0 Å². The highest BCUT2D eigenvalue weighted by molar-refractivity contribution is 5.70. The Labute approximate surface area is 141 Å². The Morgan fingerprint density at radius 1 is 1.08 bits per heavy atom. The van der Waals surface area contributed by atoms with Crippen LogP contribution >= 0.6 is 0 Å². The van der Waals surface area contributed by atoms with Crippen molar-refractivity contribution < 1.29 is 18.9 Å². The Morgan fingerprint density at radius 2 is 1.83 bits per heavy atom. The topological polar surface area (TPSA) is 54.7 Å². The Morgan fingerprint density at radius 3 is 2.54 bits per heavy atom. The lowest BCUT2D eigenvalue weighted by Crippen LogP contribution is -2.22. The largest absolute Gasteiger partial charge is 0.496 e. The molecule has 0 bridgehead atoms. The second-order valence-electron chi connectivity index (χ2n) is 6.23. The van der Waals surface area contributed by atoms with Crippen molar-refractivity contribution in [1.29, 1.82) is 0 Å². The minimum Gasteiger partial charge on any atom is -0.496 e. The molecule has 2 heterocycles. The molecular formula is C18H22N2O4. The number of hydrogen-bond acceptors (Lipinski definition) is 5. The summed E-state index contributed by atoms with van der Waals surface area (Å²) in [6.45, 7) is 0.247. The molecule has 24 heavy (non-hydrogen) atoms. The molecule has 1 saturated carbocycles. The molecule has 0 saturated heterocycles. The summed E-state index contributed by atoms with van der Waals surface area (Å²) >= 11 is 0. The van der Waals surface area contributed by atoms with E-state index in [0.29, 0.717) is 17.9 Å². The number of methoxy groups -OCH3 is 2. The quantitative estimate of drug-likeness (QED) is 0.860. The molecule has 0 radical (unpaired) electrons. The molecule has 0 unspecified atom stereocenters. The van der Waals surface area contributed by atoms with Gasteiger partial charge in [0.25, 0.3) is 0 Å². The van der Waals surface area contributed by atoms with Gasteiger partial charge in [0.15, 0.2) is 11.5 Å². The molecule has 0 N–H and O–H groups in total. The Hall–Kier alpha value is -2.21. The van der Waals surface area contributed by atoms with Crippen LogP contribution in [0.4, 0.5) is 0 Å². The first-order valence-electron chi connectivity index (χ1n) is 8.33. The Balaban J connectivity index is 1.68. The fourth-order valence-electron chi connectivity index (χ4n) is 3.64. The van der Waals surface area contributed by atoms with Gasteiger partial charge in [-0.25, -0.2) is 4.98 Å². The second kappa shape index (κ2) is 6.36. The van der Waals surface area contributed by atoms with Crippen molar-refractivity contribution in [2.45, 2.75) is 37.8 Å². The number of ether oxygens (including phenoxy) is 4. The Bertz CT molecular complexity index is 720. The van der Waals surface area contributed by atoms with Crippen LogP contribution in [0.3, 0.4) is 0 Å². The summed E-state index contributed by atoms with van der Waals surface area (Å²) in [4.78, 5) is 4.59. The molecule has 0 atom stereocenters. The summed E-state index contributed by atoms with van der Waals surface area (Å²) in [6, 6.07) is 4.27. The van der Waals surface area contributed by atoms with Crippen molar-refractivity contribution in [2.75, 3.05) is 21.0 Å². The standard InChI is InChI=1S/C18H22N2O4/c1-21-13-5-3-12(4-6-13)20-8-7-19-18(20)14-9-16-17(24-11-23-16)10-15(14)22-2/h7-10,12-13H,3-6,11H2,1-2H3. The van der Waals surface area contributed by atoms with Crippen molar-refractivity contribution in [3.63, 3.8) is 0 Å². The number of hydrogen-bond donors (Lipinski definition) is 0. The van der Waals surface area contributed by atoms with Gasteiger partial charge in [-0.15, -0.1) is 0 Å². The predicted octanol–water partition coefficient (Wildman–Crippen LogP) is 3.42. The SMILES string of the molecule is COc1cc2c(cc1-c1nccn1C1CCC(OC)CC1)OCO2. The normalized spacial score (nSPS) is 22.6. The van der Waals surface area contributed by atoms with Gasteiger partial charge >= 0.3 is 0 Å². The third kappa shape index (κ3) is 2.60. The fraction of sp³-hybridized carbons (Fsp3) is 0.500. The van der Waals surface area contributed by atoms with E-state index in [1.165, 1.54) is 0 Å². The van der Waals surface area contributed by atoms with E-state index in [1.54, 1.807) is 14.2 Å². The first-order chi connectivity index (χ1) is 11.8. The van der Waals surface area contributed by atoms with E-state index in [0.717, 1.165) is 48.6 Å². The van der Waals surface area contributed by atoms with Gasteiger partial charge in [-0.05, 0) is 31.7 Å². The van der Waals surface area contributed by atoms with E-state index in [9.17, 15) is 0 Å². The van der Waals surface area contributed by atoms with Gasteiger partial charge in [0.2, 0.25) is 6.79 Å². The van der Waals surface area contributed by atoms with Gasteiger partial charge in [0, 0.05) is 31.6 Å². The van der Waals surface area contributed by atoms with Crippen molar-refractivity contribution in [3.05, 3.63) is 24.5 Å². The number of rotatable bonds is 4. The monoisotopic (exact) mass is 330 g/mol. The van der Waals surface area contributed by atoms with Crippen molar-refractivity contribution in [2.24, 2.45) is 0 Å². The number of imidazole rings is 1. The molecule has 4 rings (SSSR count). The van der Waals surface area contributed by atoms with Crippen molar-refractivity contribution >= 4 is 0 Å². The van der Waals surface area contributed by atoms with E-state index in [1.807, 2.05) is 18.3 Å². The molecule has 0 amide bonds. The van der Waals surface area contributed by atoms with Crippen LogP contribution in [0.25, 0.3) is 11.4 Å². The molecule has 2 aliphatic rings. The smallest absolute Gasteiger partial charge is 0.231 e. The van der Waals surface area contributed by atoms with Gasteiger partial charge in [-0.2, -0.15) is 0 Å². The lowest BCUT2D eigenvalue weighted by Gasteiger charge is -2.29. The van der Waals surface area contributed by atoms with E-state index in [2.05, 4.69) is 15.7 Å². The highest BCUT2D eigenvalue weighted by atomic mass is 16.7. The summed E-state index contributed by atoms with van der Waals surface area (Å²) in [7, 11) is 3.46. The third-order valence-electron chi connectivity index (χ3n) is 4.97. The van der Waals surface area contributed by atoms with Gasteiger partial charge in [-0.3, -0.25) is 0 Å². The van der Waals surface area contributed by atoms with E-state index in [-0.39, 0.29) is 6.79 Å². The maximum Gasteiger partial charge on any atom is 0.231 e. The predicted molar refractivity (Wildman–Crippen MR) is 88.6 cm³/mol. The van der Waals surface area contributed by atoms with Crippen LogP contribution in [0, 0.1) is 0 Å². The third-order valence-corrected chi connectivity index (χ3v) is 4.97. The molecule has 128 valence electrons. The zero-order valence-electron chi connectivity index (χ0n) is 14.0. The van der Waals surface area contributed by atoms with Gasteiger partial charge < -0.3 is 23.5 Å². The van der Waals surface area contributed by atoms with Crippen LogP contribution in [-0.4, -0.2) is 36.7 Å². The first kappa shape index (κ1) is 15.3. The van der Waals surface area contributed by atoms with Gasteiger partial charge in [-0.1, -0.05) is 0 Å². The molecule has 0 spiro atoms. The average Bonchev–Trinajstić information content (AvgIpc) is 3.29. The van der Waals surface area contributed by atoms with Crippen LogP contribution in [0.1, 0.15) is 31.7 Å². The molecule has 6 nitrogen and oxygen atoms in total. The lowest BCUT2D eigenvalue weighted by molar-refractivity contribution is 0.0586. The molecular weight excluding hydrogens is 308 g/mol. The highest BCUT2D eigenvalue weighted by Crippen LogP contribution is 2.43. The maximum atomic E-state index is 5.56. The summed E-state index contributed by atoms with van der Waals surface area (Å²) in [5.41, 5.74) is 0.931. The minimum atomic E-state index is 0.247. The zero-order chi connectivity index (χ0) is 16.5. The van der Waals surface area contributed by atoms with E-state index >= 15 is 0 Å².